The molecule has 16 bridgehead atoms. The number of ether oxygens (including phenoxy) is 23. The Morgan fingerprint density at radius 1 is 0.214 bits per heavy atom. The standard InChI is InChI=1S/C84H130O42/c1-78(2,3)71(97)104-27-35-54-42(85)47(90)64(111-35)119-55-36(28-105-72(98)79(4,5)6)113-66(49(92)43(55)86)121-57-38(30-107-74(100)81(10,11)12)115-68(51(94)45(57)88)123-59-40(32-109-76(102)83(16,17)18)117-70-62(52(59)95)126-63(34-25-23-22-24-26-34)125-61-53(96)69(116-41(60(61)124-70)33-110-77(103)84(19,20)21)122-58-39(31-108-75(101)82(13,14)15)114-67(50(93)46(58)89)120-56-37(29-106-73(99)80(7,8)9)112-65(118-54)48(91)44(56)87/h22-26,35-70,85-96H,27-33H2,1-21H3. The molecule has 1 aromatic carbocycles. The number of hydrogen-bond donors (Lipinski definition) is 12. The Bertz CT molecular complexity index is 3800. The molecule has 22 fully saturated rings. The third-order valence-electron chi connectivity index (χ3n) is 22.0. The monoisotopic (exact) mass is 1810 g/mol. The molecule has 22 aliphatic rings. The summed E-state index contributed by atoms with van der Waals surface area (Å²) in [6, 6.07) is 7.82. The van der Waals surface area contributed by atoms with Crippen molar-refractivity contribution in [2.24, 2.45) is 37.9 Å². The summed E-state index contributed by atoms with van der Waals surface area (Å²) in [5.41, 5.74) is -8.49. The average Bonchev–Trinajstić information content (AvgIpc) is 0.811. The zero-order valence-electron chi connectivity index (χ0n) is 74.7. The van der Waals surface area contributed by atoms with E-state index in [0.717, 1.165) is 0 Å². The summed E-state index contributed by atoms with van der Waals surface area (Å²) in [7, 11) is 0. The molecule has 126 heavy (non-hydrogen) atoms. The first kappa shape index (κ1) is 103. The fourth-order valence-electron chi connectivity index (χ4n) is 14.3. The molecule has 0 aromatic heterocycles. The Morgan fingerprint density at radius 3 is 0.619 bits per heavy atom. The molecule has 22 heterocycles. The van der Waals surface area contributed by atoms with Gasteiger partial charge in [-0.3, -0.25) is 33.6 Å². The minimum absolute atomic E-state index is 0.161. The third kappa shape index (κ3) is 24.2. The predicted molar refractivity (Wildman–Crippen MR) is 419 cm³/mol. The number of carbonyl (C=O) groups excluding carboxylic acids is 7. The maximum Gasteiger partial charge on any atom is 0.311 e. The van der Waals surface area contributed by atoms with E-state index in [4.69, 9.17) is 109 Å². The molecule has 22 aliphatic heterocycles. The number of aliphatic hydroxyl groups excluding tert-OH is 12. The summed E-state index contributed by atoms with van der Waals surface area (Å²) in [5, 5.41) is 151. The first-order valence-corrected chi connectivity index (χ1v) is 42.2. The molecule has 718 valence electrons. The highest BCUT2D eigenvalue weighted by molar-refractivity contribution is 5.78. The van der Waals surface area contributed by atoms with Crippen molar-refractivity contribution in [2.75, 3.05) is 46.2 Å². The van der Waals surface area contributed by atoms with Crippen molar-refractivity contribution in [3.63, 3.8) is 0 Å². The summed E-state index contributed by atoms with van der Waals surface area (Å²) in [6.07, 6.45) is -75.7. The molecule has 0 saturated carbocycles. The first-order valence-electron chi connectivity index (χ1n) is 42.2. The lowest BCUT2D eigenvalue weighted by Gasteiger charge is -2.53. The van der Waals surface area contributed by atoms with Crippen molar-refractivity contribution in [1.82, 2.24) is 0 Å². The van der Waals surface area contributed by atoms with Crippen LogP contribution in [0.15, 0.2) is 30.3 Å². The van der Waals surface area contributed by atoms with Gasteiger partial charge in [0, 0.05) is 5.56 Å². The Kier molecular flexibility index (Phi) is 32.9. The van der Waals surface area contributed by atoms with Gasteiger partial charge in [-0.15, -0.1) is 0 Å². The lowest BCUT2D eigenvalue weighted by molar-refractivity contribution is -0.427. The zero-order valence-corrected chi connectivity index (χ0v) is 74.7. The van der Waals surface area contributed by atoms with E-state index in [1.807, 2.05) is 0 Å². The highest BCUT2D eigenvalue weighted by Crippen LogP contribution is 2.45. The number of hydrogen-bond acceptors (Lipinski definition) is 42. The largest absolute Gasteiger partial charge is 0.462 e. The number of benzene rings is 1. The van der Waals surface area contributed by atoms with E-state index in [9.17, 15) is 94.8 Å². The minimum Gasteiger partial charge on any atom is -0.462 e. The Hall–Kier alpha value is -5.61. The van der Waals surface area contributed by atoms with Crippen LogP contribution in [-0.2, 0) is 143 Å². The van der Waals surface area contributed by atoms with Gasteiger partial charge in [0.2, 0.25) is 0 Å². The highest BCUT2D eigenvalue weighted by atomic mass is 16.8. The lowest BCUT2D eigenvalue weighted by atomic mass is 9.94. The van der Waals surface area contributed by atoms with E-state index in [1.54, 1.807) is 18.2 Å². The first-order chi connectivity index (χ1) is 58.3. The molecule has 42 nitrogen and oxygen atoms in total. The fraction of sp³-hybridized carbons (Fsp3) is 0.845. The molecule has 42 heteroatoms. The second kappa shape index (κ2) is 40.5. The van der Waals surface area contributed by atoms with E-state index < -0.39 is 347 Å². The minimum atomic E-state index is -2.39. The summed E-state index contributed by atoms with van der Waals surface area (Å²) in [5.74, 6) is -6.05. The van der Waals surface area contributed by atoms with Crippen LogP contribution in [0.3, 0.4) is 0 Å². The predicted octanol–water partition coefficient (Wildman–Crippen LogP) is -1.29. The smallest absolute Gasteiger partial charge is 0.311 e. The molecule has 0 aliphatic carbocycles. The van der Waals surface area contributed by atoms with Crippen LogP contribution in [0.1, 0.15) is 157 Å². The van der Waals surface area contributed by atoms with E-state index in [0.29, 0.717) is 0 Å². The number of aliphatic hydroxyl groups is 12. The van der Waals surface area contributed by atoms with Crippen LogP contribution in [0.2, 0.25) is 0 Å². The third-order valence-corrected chi connectivity index (χ3v) is 22.0. The van der Waals surface area contributed by atoms with Gasteiger partial charge in [-0.1, -0.05) is 30.3 Å². The Morgan fingerprint density at radius 2 is 0.397 bits per heavy atom. The molecule has 36 atom stereocenters. The van der Waals surface area contributed by atoms with Crippen LogP contribution in [0.5, 0.6) is 0 Å². The normalized spacial score (nSPS) is 40.0. The van der Waals surface area contributed by atoms with Gasteiger partial charge in [-0.25, -0.2) is 0 Å². The van der Waals surface area contributed by atoms with Crippen molar-refractivity contribution >= 4 is 41.8 Å². The van der Waals surface area contributed by atoms with Gasteiger partial charge in [0.05, 0.1) is 37.9 Å². The molecular weight excluding hydrogens is 1680 g/mol. The van der Waals surface area contributed by atoms with E-state index in [-0.39, 0.29) is 5.56 Å². The Balaban J connectivity index is 1.13. The molecule has 12 N–H and O–H groups in total. The van der Waals surface area contributed by atoms with Crippen LogP contribution in [-0.4, -0.2) is 364 Å². The van der Waals surface area contributed by atoms with Gasteiger partial charge in [-0.2, -0.15) is 0 Å². The van der Waals surface area contributed by atoms with Crippen LogP contribution in [0.25, 0.3) is 0 Å². The van der Waals surface area contributed by atoms with Gasteiger partial charge in [0.25, 0.3) is 0 Å². The second-order valence-corrected chi connectivity index (χ2v) is 40.3. The Labute approximate surface area is 729 Å². The summed E-state index contributed by atoms with van der Waals surface area (Å²) < 4.78 is 144. The van der Waals surface area contributed by atoms with E-state index in [2.05, 4.69) is 0 Å². The average molecular weight is 1810 g/mol. The van der Waals surface area contributed by atoms with E-state index in [1.165, 1.54) is 158 Å². The van der Waals surface area contributed by atoms with Crippen molar-refractivity contribution < 1.29 is 204 Å². The van der Waals surface area contributed by atoms with Crippen molar-refractivity contribution in [2.45, 2.75) is 367 Å². The van der Waals surface area contributed by atoms with Gasteiger partial charge < -0.3 is 170 Å². The maximum absolute atomic E-state index is 13.9. The molecular formula is C84H130O42. The van der Waals surface area contributed by atoms with Crippen molar-refractivity contribution in [1.29, 1.82) is 0 Å². The van der Waals surface area contributed by atoms with Crippen LogP contribution in [0.4, 0.5) is 0 Å². The lowest BCUT2D eigenvalue weighted by Crippen LogP contribution is -2.70. The topological polar surface area (TPSA) is 575 Å². The number of esters is 7. The summed E-state index contributed by atoms with van der Waals surface area (Å²) in [6.45, 7) is 25.5. The summed E-state index contributed by atoms with van der Waals surface area (Å²) in [4.78, 5) is 96.4. The molecule has 36 unspecified atom stereocenters. The van der Waals surface area contributed by atoms with E-state index >= 15 is 0 Å². The van der Waals surface area contributed by atoms with Crippen molar-refractivity contribution in [3.05, 3.63) is 35.9 Å². The quantitative estimate of drug-likeness (QED) is 0.0718. The molecule has 1 aromatic rings. The van der Waals surface area contributed by atoms with Gasteiger partial charge in [0.15, 0.2) is 50.3 Å². The number of rotatable bonds is 15. The fourth-order valence-corrected chi connectivity index (χ4v) is 14.3. The van der Waals surface area contributed by atoms with Crippen LogP contribution >= 0.6 is 0 Å². The SMILES string of the molecule is CC(C)(C)C(=O)OCC1OC2OC3C(COC(=O)C(C)(C)C)OC(OC4C(COC(=O)C(C)(C)C)OC(OC5C(COC(=O)C(C)(C)C)OC6OC7C(COC(=O)C(C)(C)C)OC(OC8C(COC(=O)C(C)(C)C)OC(OC9C(COC(=O)C(C)(C)C)OC(OC1C(O)C2O)C(O)C9O)C(O)C8O)C(O)C7OC(c1ccccc1)OC6C5O)C(O)C4O)C(O)C3O. The second-order valence-electron chi connectivity index (χ2n) is 40.3. The highest BCUT2D eigenvalue weighted by Gasteiger charge is 2.63. The maximum atomic E-state index is 13.9. The van der Waals surface area contributed by atoms with Gasteiger partial charge >= 0.3 is 41.8 Å². The molecule has 0 amide bonds. The molecule has 0 radical (unpaired) electrons. The zero-order chi connectivity index (χ0) is 93.7. The molecule has 22 saturated heterocycles. The van der Waals surface area contributed by atoms with Crippen molar-refractivity contribution in [3.8, 4) is 0 Å². The summed E-state index contributed by atoms with van der Waals surface area (Å²) >= 11 is 0. The van der Waals surface area contributed by atoms with Gasteiger partial charge in [0.1, 0.15) is 217 Å². The van der Waals surface area contributed by atoms with Crippen LogP contribution in [0, 0.1) is 37.9 Å². The van der Waals surface area contributed by atoms with Gasteiger partial charge in [-0.05, 0) is 145 Å². The number of carbonyl (C=O) groups is 7. The molecule has 23 rings (SSSR count). The molecule has 0 spiro atoms. The van der Waals surface area contributed by atoms with Crippen LogP contribution < -0.4 is 0 Å².